The Kier molecular flexibility index (Phi) is 13.3. The molecule has 368 valence electrons. The molecule has 72 heavy (non-hydrogen) atoms. The molecule has 18 nitrogen and oxygen atoms in total. The number of aromatic nitrogens is 6. The maximum absolute atomic E-state index is 15.8. The first-order valence-corrected chi connectivity index (χ1v) is 23.6. The summed E-state index contributed by atoms with van der Waals surface area (Å²) in [6, 6.07) is 27.5. The van der Waals surface area contributed by atoms with Crippen LogP contribution in [0.15, 0.2) is 122 Å². The van der Waals surface area contributed by atoms with Gasteiger partial charge in [-0.05, 0) is 85.9 Å². The van der Waals surface area contributed by atoms with E-state index in [9.17, 15) is 9.59 Å². The summed E-state index contributed by atoms with van der Waals surface area (Å²) >= 11 is 0. The molecule has 6 heterocycles. The summed E-state index contributed by atoms with van der Waals surface area (Å²) in [5.41, 5.74) is 4.14. The second-order valence-electron chi connectivity index (χ2n) is 18.1. The minimum Gasteiger partial charge on any atom is -0.438 e. The summed E-state index contributed by atoms with van der Waals surface area (Å²) in [4.78, 5) is 56.0. The molecular formula is C52H53F2N14O4+. The van der Waals surface area contributed by atoms with Gasteiger partial charge in [0.2, 0.25) is 35.5 Å². The minimum atomic E-state index is -0.397. The third-order valence-corrected chi connectivity index (χ3v) is 12.9. The third kappa shape index (κ3) is 10.9. The fourth-order valence-corrected chi connectivity index (χ4v) is 8.78. The molecule has 0 atom stereocenters. The van der Waals surface area contributed by atoms with Gasteiger partial charge in [0.25, 0.3) is 0 Å². The first-order chi connectivity index (χ1) is 34.9. The monoisotopic (exact) mass is 975 g/mol. The second kappa shape index (κ2) is 20.4. The van der Waals surface area contributed by atoms with E-state index in [-0.39, 0.29) is 47.7 Å². The molecular weight excluding hydrogens is 923 g/mol. The van der Waals surface area contributed by atoms with Gasteiger partial charge in [-0.2, -0.15) is 19.9 Å². The lowest BCUT2D eigenvalue weighted by molar-refractivity contribution is -0.909. The van der Waals surface area contributed by atoms with E-state index in [4.69, 9.17) is 9.47 Å². The van der Waals surface area contributed by atoms with Crippen molar-refractivity contribution in [3.63, 3.8) is 0 Å². The fourth-order valence-electron chi connectivity index (χ4n) is 8.78. The van der Waals surface area contributed by atoms with Crippen LogP contribution in [0.5, 0.6) is 23.3 Å². The highest BCUT2D eigenvalue weighted by atomic mass is 19.1. The normalized spacial score (nSPS) is 14.8. The molecule has 0 bridgehead atoms. The average molecular weight is 976 g/mol. The molecule has 2 aliphatic rings. The number of aromatic amines is 2. The van der Waals surface area contributed by atoms with Gasteiger partial charge in [0.15, 0.2) is 0 Å². The molecule has 6 N–H and O–H groups in total. The lowest BCUT2D eigenvalue weighted by Gasteiger charge is -2.42. The summed E-state index contributed by atoms with van der Waals surface area (Å²) in [6.45, 7) is 9.97. The zero-order chi connectivity index (χ0) is 49.8. The number of fused-ring (bicyclic) bond motifs is 2. The molecule has 2 saturated heterocycles. The zero-order valence-corrected chi connectivity index (χ0v) is 39.7. The number of anilines is 8. The summed E-state index contributed by atoms with van der Waals surface area (Å²) in [6.07, 6.45) is 4.92. The zero-order valence-electron chi connectivity index (χ0n) is 39.7. The van der Waals surface area contributed by atoms with Crippen LogP contribution in [0.3, 0.4) is 0 Å². The van der Waals surface area contributed by atoms with Gasteiger partial charge in [-0.1, -0.05) is 18.7 Å². The molecule has 4 aromatic heterocycles. The highest BCUT2D eigenvalue weighted by molar-refractivity contribution is 5.99. The number of piperazine rings is 2. The second-order valence-corrected chi connectivity index (χ2v) is 18.1. The van der Waals surface area contributed by atoms with Crippen molar-refractivity contribution in [2.24, 2.45) is 0 Å². The fraction of sp³-hybridized carbons (Fsp3) is 0.231. The van der Waals surface area contributed by atoms with Gasteiger partial charge in [-0.15, -0.1) is 0 Å². The lowest BCUT2D eigenvalue weighted by Crippen LogP contribution is -2.58. The van der Waals surface area contributed by atoms with Crippen molar-refractivity contribution in [2.75, 3.05) is 104 Å². The highest BCUT2D eigenvalue weighted by Crippen LogP contribution is 2.34. The number of hydrogen-bond donors (Lipinski definition) is 6. The van der Waals surface area contributed by atoms with Crippen LogP contribution in [0.2, 0.25) is 0 Å². The number of carbonyl (C=O) groups excluding carboxylic acids is 2. The van der Waals surface area contributed by atoms with Crippen molar-refractivity contribution in [1.82, 2.24) is 34.8 Å². The number of quaternary nitrogens is 1. The molecule has 0 saturated carbocycles. The molecule has 4 aromatic carbocycles. The van der Waals surface area contributed by atoms with E-state index in [0.717, 1.165) is 26.2 Å². The van der Waals surface area contributed by atoms with Crippen LogP contribution in [0.25, 0.3) is 22.1 Å². The van der Waals surface area contributed by atoms with E-state index in [2.05, 4.69) is 81.6 Å². The Labute approximate surface area is 413 Å². The molecule has 10 rings (SSSR count). The van der Waals surface area contributed by atoms with Crippen molar-refractivity contribution >= 4 is 79.9 Å². The standard InChI is InChI=1S/C52H52F2N14O4/c1-4-45(69)57-33-7-5-9-37(29-33)71-49-39-15-18-55-47(39)62-52(63-49)60-36-12-14-44(42(54)32-36)67-24-27-68(3,28-25-67)26-17-46(70)58-34-8-6-10-38(30-34)72-50-40-16-19-56-48(40)61-51(64-50)59-35-11-13-43(41(53)31-35)66-22-20-65(2)21-23-66/h4-16,18-19,29-32H,1,17,20-28H2,2-3H3,(H5-,55,56,57,58,59,60,61,62,63,64,69,70)/p+1. The van der Waals surface area contributed by atoms with Gasteiger partial charge in [0.1, 0.15) is 34.4 Å². The summed E-state index contributed by atoms with van der Waals surface area (Å²) in [7, 11) is 4.18. The van der Waals surface area contributed by atoms with Crippen molar-refractivity contribution in [2.45, 2.75) is 6.42 Å². The first-order valence-electron chi connectivity index (χ1n) is 23.6. The Hall–Kier alpha value is -8.62. The average Bonchev–Trinajstić information content (AvgIpc) is 4.06. The Balaban J connectivity index is 0.720. The smallest absolute Gasteiger partial charge is 0.247 e. The molecule has 2 amide bonds. The van der Waals surface area contributed by atoms with E-state index in [1.165, 1.54) is 18.2 Å². The van der Waals surface area contributed by atoms with Gasteiger partial charge in [-0.25, -0.2) is 8.78 Å². The molecule has 0 spiro atoms. The van der Waals surface area contributed by atoms with Crippen LogP contribution in [0.4, 0.5) is 54.8 Å². The maximum Gasteiger partial charge on any atom is 0.247 e. The van der Waals surface area contributed by atoms with Gasteiger partial charge >= 0.3 is 0 Å². The number of ether oxygens (including phenoxy) is 2. The molecule has 2 fully saturated rings. The van der Waals surface area contributed by atoms with E-state index in [1.807, 2.05) is 17.0 Å². The molecule has 20 heteroatoms. The summed E-state index contributed by atoms with van der Waals surface area (Å²) < 4.78 is 44.2. The summed E-state index contributed by atoms with van der Waals surface area (Å²) in [5.74, 6) is 0.647. The SMILES string of the molecule is C=CC(=O)Nc1cccc(Oc2nc(Nc3ccc(N4CC[N+](C)(CCC(=O)Nc5cccc(Oc6nc(Nc7ccc(N8CCN(C)CC8)c(F)c7)nc7[nH]ccc67)c5)CC4)c(F)c3)nc3[nH]ccc23)c1. The van der Waals surface area contributed by atoms with Crippen molar-refractivity contribution in [3.05, 3.63) is 134 Å². The van der Waals surface area contributed by atoms with Crippen LogP contribution in [0.1, 0.15) is 6.42 Å². The van der Waals surface area contributed by atoms with Crippen LogP contribution in [0, 0.1) is 11.6 Å². The maximum atomic E-state index is 15.8. The van der Waals surface area contributed by atoms with E-state index in [0.29, 0.717) is 105 Å². The van der Waals surface area contributed by atoms with Gasteiger partial charge in [0.05, 0.1) is 68.3 Å². The molecule has 0 radical (unpaired) electrons. The first kappa shape index (κ1) is 47.1. The van der Waals surface area contributed by atoms with E-state index in [1.54, 1.807) is 85.2 Å². The Morgan fingerprint density at radius 2 is 1.18 bits per heavy atom. The molecule has 2 aliphatic heterocycles. The number of hydrogen-bond acceptors (Lipinski definition) is 13. The largest absolute Gasteiger partial charge is 0.438 e. The van der Waals surface area contributed by atoms with E-state index < -0.39 is 5.82 Å². The number of nitrogens with one attached hydrogen (secondary N) is 6. The number of amides is 2. The third-order valence-electron chi connectivity index (χ3n) is 12.9. The number of carbonyl (C=O) groups is 2. The van der Waals surface area contributed by atoms with Crippen LogP contribution < -0.4 is 40.5 Å². The summed E-state index contributed by atoms with van der Waals surface area (Å²) in [5, 5.41) is 13.2. The predicted octanol–water partition coefficient (Wildman–Crippen LogP) is 8.75. The van der Waals surface area contributed by atoms with Crippen molar-refractivity contribution < 1.29 is 32.3 Å². The van der Waals surface area contributed by atoms with Gasteiger partial charge in [-0.3, -0.25) is 9.59 Å². The minimum absolute atomic E-state index is 0.142. The van der Waals surface area contributed by atoms with Crippen LogP contribution in [-0.2, 0) is 9.59 Å². The van der Waals surface area contributed by atoms with Crippen molar-refractivity contribution in [1.29, 1.82) is 0 Å². The molecule has 0 unspecified atom stereocenters. The Morgan fingerprint density at radius 1 is 0.667 bits per heavy atom. The number of halogens is 2. The lowest BCUT2D eigenvalue weighted by atomic mass is 10.2. The Morgan fingerprint density at radius 3 is 1.69 bits per heavy atom. The predicted molar refractivity (Wildman–Crippen MR) is 275 cm³/mol. The molecule has 0 aliphatic carbocycles. The quantitative estimate of drug-likeness (QED) is 0.0398. The van der Waals surface area contributed by atoms with Crippen LogP contribution >= 0.6 is 0 Å². The number of H-pyrrole nitrogens is 2. The number of likely N-dealkylation sites (N-methyl/N-ethyl adjacent to an activating group) is 2. The highest BCUT2D eigenvalue weighted by Gasteiger charge is 2.31. The molecule has 8 aromatic rings. The number of benzene rings is 4. The van der Waals surface area contributed by atoms with Crippen molar-refractivity contribution in [3.8, 4) is 23.3 Å². The Bertz CT molecular complexity index is 3290. The van der Waals surface area contributed by atoms with E-state index >= 15 is 8.78 Å². The van der Waals surface area contributed by atoms with Gasteiger partial charge < -0.3 is 59.9 Å². The number of nitrogens with zero attached hydrogens (tertiary/aromatic N) is 8. The van der Waals surface area contributed by atoms with Crippen LogP contribution in [-0.4, -0.2) is 124 Å². The topological polar surface area (TPSA) is 194 Å². The van der Waals surface area contributed by atoms with Gasteiger partial charge in [0, 0.05) is 73.5 Å². The number of rotatable bonds is 16.